The Labute approximate surface area is 306 Å². The molecule has 9 rings (SSSR count). The van der Waals surface area contributed by atoms with Crippen LogP contribution < -0.4 is 5.32 Å². The van der Waals surface area contributed by atoms with Crippen LogP contribution in [0.25, 0.3) is 66.8 Å². The number of anilines is 2. The zero-order valence-electron chi connectivity index (χ0n) is 29.5. The summed E-state index contributed by atoms with van der Waals surface area (Å²) in [5.74, 6) is 0. The lowest BCUT2D eigenvalue weighted by atomic mass is 9.81. The van der Waals surface area contributed by atoms with Gasteiger partial charge in [-0.05, 0) is 96.6 Å². The molecule has 0 unspecified atom stereocenters. The lowest BCUT2D eigenvalue weighted by Gasteiger charge is -2.23. The summed E-state index contributed by atoms with van der Waals surface area (Å²) in [5, 5.41) is 3.78. The van der Waals surface area contributed by atoms with Crippen molar-refractivity contribution in [1.82, 2.24) is 0 Å². The highest BCUT2D eigenvalue weighted by Gasteiger charge is 2.35. The van der Waals surface area contributed by atoms with E-state index in [1.165, 1.54) is 77.9 Å². The van der Waals surface area contributed by atoms with Crippen molar-refractivity contribution >= 4 is 11.4 Å². The Hall–Kier alpha value is -6.44. The first-order valence-electron chi connectivity index (χ1n) is 18.1. The molecule has 0 saturated heterocycles. The van der Waals surface area contributed by atoms with Crippen LogP contribution in [-0.2, 0) is 5.41 Å². The normalized spacial score (nSPS) is 12.6. The second-order valence-electron chi connectivity index (χ2n) is 14.3. The van der Waals surface area contributed by atoms with Gasteiger partial charge in [0.2, 0.25) is 0 Å². The minimum Gasteiger partial charge on any atom is -0.355 e. The molecule has 1 nitrogen and oxygen atoms in total. The van der Waals surface area contributed by atoms with Crippen molar-refractivity contribution < 1.29 is 0 Å². The monoisotopic (exact) mass is 665 g/mol. The van der Waals surface area contributed by atoms with E-state index in [1.54, 1.807) is 0 Å². The molecule has 8 aromatic rings. The van der Waals surface area contributed by atoms with Crippen molar-refractivity contribution in [1.29, 1.82) is 0 Å². The molecule has 0 bridgehead atoms. The fourth-order valence-electron chi connectivity index (χ4n) is 7.81. The lowest BCUT2D eigenvalue weighted by molar-refractivity contribution is 0.661. The van der Waals surface area contributed by atoms with E-state index >= 15 is 0 Å². The molecule has 0 fully saturated rings. The van der Waals surface area contributed by atoms with Crippen LogP contribution in [0.4, 0.5) is 11.4 Å². The predicted molar refractivity (Wildman–Crippen MR) is 221 cm³/mol. The molecule has 1 N–H and O–H groups in total. The minimum absolute atomic E-state index is 0.133. The highest BCUT2D eigenvalue weighted by molar-refractivity contribution is 5.87. The molecule has 0 saturated carbocycles. The first kappa shape index (κ1) is 31.5. The Morgan fingerprint density at radius 1 is 0.308 bits per heavy atom. The number of rotatable bonds is 7. The van der Waals surface area contributed by atoms with Crippen LogP contribution >= 0.6 is 0 Å². The molecule has 8 aromatic carbocycles. The fourth-order valence-corrected chi connectivity index (χ4v) is 7.81. The molecule has 0 spiro atoms. The van der Waals surface area contributed by atoms with E-state index in [9.17, 15) is 0 Å². The smallest absolute Gasteiger partial charge is 0.0463 e. The Morgan fingerprint density at radius 2 is 0.692 bits per heavy atom. The van der Waals surface area contributed by atoms with Crippen LogP contribution in [0.1, 0.15) is 25.0 Å². The molecular weight excluding hydrogens is 627 g/mol. The van der Waals surface area contributed by atoms with E-state index < -0.39 is 0 Å². The molecular formula is C51H39N. The van der Waals surface area contributed by atoms with Crippen LogP contribution in [0, 0.1) is 0 Å². The number of hydrogen-bond acceptors (Lipinski definition) is 1. The molecule has 0 radical (unpaired) electrons. The summed E-state index contributed by atoms with van der Waals surface area (Å²) in [5.41, 5.74) is 19.7. The Morgan fingerprint density at radius 3 is 1.23 bits per heavy atom. The van der Waals surface area contributed by atoms with Gasteiger partial charge in [-0.1, -0.05) is 184 Å². The maximum absolute atomic E-state index is 3.78. The maximum Gasteiger partial charge on any atom is 0.0463 e. The maximum atomic E-state index is 3.78. The average molecular weight is 666 g/mol. The topological polar surface area (TPSA) is 12.0 Å². The number of benzene rings is 8. The third kappa shape index (κ3) is 5.81. The van der Waals surface area contributed by atoms with Crippen molar-refractivity contribution in [3.05, 3.63) is 205 Å². The summed E-state index contributed by atoms with van der Waals surface area (Å²) in [6.45, 7) is 4.71. The standard InChI is InChI=1S/C51H39N/c1-51(2)48-33-43(41-23-21-40(22-24-41)39-19-17-37(18-20-39)35-11-5-3-6-12-35)29-31-46(48)47-32-30-44(34-49(47)51)52-50-16-10-9-15-45(50)42-27-25-38(26-28-42)36-13-7-4-8-14-36/h3-34,52H,1-2H3. The Bertz CT molecular complexity index is 2510. The highest BCUT2D eigenvalue weighted by Crippen LogP contribution is 2.50. The van der Waals surface area contributed by atoms with Crippen molar-refractivity contribution in [3.63, 3.8) is 0 Å². The van der Waals surface area contributed by atoms with Gasteiger partial charge in [-0.2, -0.15) is 0 Å². The molecule has 248 valence electrons. The number of nitrogens with one attached hydrogen (secondary N) is 1. The van der Waals surface area contributed by atoms with Gasteiger partial charge >= 0.3 is 0 Å². The van der Waals surface area contributed by atoms with Gasteiger partial charge in [0.25, 0.3) is 0 Å². The second-order valence-corrected chi connectivity index (χ2v) is 14.3. The van der Waals surface area contributed by atoms with E-state index in [0.29, 0.717) is 0 Å². The van der Waals surface area contributed by atoms with Crippen molar-refractivity contribution in [3.8, 4) is 66.8 Å². The van der Waals surface area contributed by atoms with Crippen LogP contribution in [0.2, 0.25) is 0 Å². The van der Waals surface area contributed by atoms with E-state index in [-0.39, 0.29) is 5.41 Å². The summed E-state index contributed by atoms with van der Waals surface area (Å²) in [4.78, 5) is 0. The molecule has 1 aliphatic rings. The molecule has 0 atom stereocenters. The average Bonchev–Trinajstić information content (AvgIpc) is 3.43. The zero-order valence-corrected chi connectivity index (χ0v) is 29.5. The van der Waals surface area contributed by atoms with Gasteiger partial charge in [-0.25, -0.2) is 0 Å². The largest absolute Gasteiger partial charge is 0.355 e. The van der Waals surface area contributed by atoms with E-state index in [1.807, 2.05) is 0 Å². The Kier molecular flexibility index (Phi) is 7.90. The summed E-state index contributed by atoms with van der Waals surface area (Å²) < 4.78 is 0. The van der Waals surface area contributed by atoms with Gasteiger partial charge in [0.05, 0.1) is 0 Å². The number of hydrogen-bond donors (Lipinski definition) is 1. The molecule has 0 aliphatic heterocycles. The molecule has 0 aromatic heterocycles. The third-order valence-corrected chi connectivity index (χ3v) is 10.7. The summed E-state index contributed by atoms with van der Waals surface area (Å²) in [6, 6.07) is 70.3. The zero-order chi connectivity index (χ0) is 35.1. The van der Waals surface area contributed by atoms with Crippen molar-refractivity contribution in [2.75, 3.05) is 5.32 Å². The van der Waals surface area contributed by atoms with Gasteiger partial charge in [-0.3, -0.25) is 0 Å². The van der Waals surface area contributed by atoms with Crippen LogP contribution in [0.15, 0.2) is 194 Å². The molecule has 1 heteroatoms. The first-order valence-corrected chi connectivity index (χ1v) is 18.1. The molecule has 0 heterocycles. The highest BCUT2D eigenvalue weighted by atomic mass is 14.9. The second kappa shape index (κ2) is 13.0. The quantitative estimate of drug-likeness (QED) is 0.179. The molecule has 0 amide bonds. The van der Waals surface area contributed by atoms with Crippen molar-refractivity contribution in [2.24, 2.45) is 0 Å². The first-order chi connectivity index (χ1) is 25.5. The fraction of sp³-hybridized carbons (Fsp3) is 0.0588. The van der Waals surface area contributed by atoms with Gasteiger partial charge in [0, 0.05) is 22.4 Å². The molecule has 1 aliphatic carbocycles. The van der Waals surface area contributed by atoms with Gasteiger partial charge in [0.1, 0.15) is 0 Å². The van der Waals surface area contributed by atoms with Crippen molar-refractivity contribution in [2.45, 2.75) is 19.3 Å². The SMILES string of the molecule is CC1(C)c2cc(Nc3ccccc3-c3ccc(-c4ccccc4)cc3)ccc2-c2ccc(-c3ccc(-c4ccc(-c5ccccc5)cc4)cc3)cc21. The summed E-state index contributed by atoms with van der Waals surface area (Å²) in [6.07, 6.45) is 0. The Balaban J connectivity index is 0.954. The lowest BCUT2D eigenvalue weighted by Crippen LogP contribution is -2.15. The van der Waals surface area contributed by atoms with E-state index in [4.69, 9.17) is 0 Å². The predicted octanol–water partition coefficient (Wildman–Crippen LogP) is 14.1. The van der Waals surface area contributed by atoms with E-state index in [2.05, 4.69) is 213 Å². The number of para-hydroxylation sites is 1. The van der Waals surface area contributed by atoms with E-state index in [0.717, 1.165) is 11.4 Å². The van der Waals surface area contributed by atoms with Crippen LogP contribution in [0.5, 0.6) is 0 Å². The molecule has 52 heavy (non-hydrogen) atoms. The van der Waals surface area contributed by atoms with Gasteiger partial charge in [-0.15, -0.1) is 0 Å². The van der Waals surface area contributed by atoms with Gasteiger partial charge in [0.15, 0.2) is 0 Å². The minimum atomic E-state index is -0.133. The number of fused-ring (bicyclic) bond motifs is 3. The summed E-state index contributed by atoms with van der Waals surface area (Å²) in [7, 11) is 0. The summed E-state index contributed by atoms with van der Waals surface area (Å²) >= 11 is 0. The van der Waals surface area contributed by atoms with Gasteiger partial charge < -0.3 is 5.32 Å². The third-order valence-electron chi connectivity index (χ3n) is 10.7. The van der Waals surface area contributed by atoms with Crippen LogP contribution in [-0.4, -0.2) is 0 Å². The van der Waals surface area contributed by atoms with Crippen LogP contribution in [0.3, 0.4) is 0 Å².